The van der Waals surface area contributed by atoms with Gasteiger partial charge in [-0.25, -0.2) is 8.78 Å². The average Bonchev–Trinajstić information content (AvgIpc) is 3.04. The molecule has 116 valence electrons. The van der Waals surface area contributed by atoms with Crippen LogP contribution in [0.3, 0.4) is 0 Å². The molecule has 2 amide bonds. The summed E-state index contributed by atoms with van der Waals surface area (Å²) in [6.07, 6.45) is -0.521. The Morgan fingerprint density at radius 2 is 2.33 bits per heavy atom. The molecule has 8 heteroatoms. The molecule has 1 aliphatic rings. The van der Waals surface area contributed by atoms with Gasteiger partial charge < -0.3 is 10.2 Å². The third-order valence-corrected chi connectivity index (χ3v) is 4.08. The van der Waals surface area contributed by atoms with E-state index in [1.165, 1.54) is 23.3 Å². The van der Waals surface area contributed by atoms with Gasteiger partial charge >= 0.3 is 0 Å². The van der Waals surface area contributed by atoms with Gasteiger partial charge in [0.15, 0.2) is 0 Å². The molecule has 0 radical (unpaired) electrons. The second-order valence-corrected chi connectivity index (χ2v) is 6.08. The normalized spacial score (nSPS) is 20.2. The van der Waals surface area contributed by atoms with Crippen LogP contribution in [-0.2, 0) is 16.1 Å². The van der Waals surface area contributed by atoms with E-state index in [0.717, 1.165) is 4.88 Å². The lowest BCUT2D eigenvalue weighted by Crippen LogP contribution is -2.45. The number of rotatable bonds is 5. The van der Waals surface area contributed by atoms with Crippen LogP contribution in [-0.4, -0.2) is 48.8 Å². The minimum absolute atomic E-state index is 0.145. The number of nitrogens with one attached hydrogen (secondary N) is 2. The van der Waals surface area contributed by atoms with Crippen molar-refractivity contribution in [1.29, 1.82) is 0 Å². The maximum Gasteiger partial charge on any atom is 0.262 e. The molecule has 1 saturated heterocycles. The van der Waals surface area contributed by atoms with Gasteiger partial charge in [0.2, 0.25) is 11.8 Å². The van der Waals surface area contributed by atoms with Crippen LogP contribution in [0.15, 0.2) is 17.5 Å². The minimum atomic E-state index is -2.86. The summed E-state index contributed by atoms with van der Waals surface area (Å²) in [5.74, 6) is -3.66. The molecule has 0 bridgehead atoms. The van der Waals surface area contributed by atoms with Gasteiger partial charge in [-0.05, 0) is 11.4 Å². The summed E-state index contributed by atoms with van der Waals surface area (Å²) in [6, 6.07) is 2.85. The number of nitrogens with zero attached hydrogens (tertiary/aromatic N) is 1. The van der Waals surface area contributed by atoms with Gasteiger partial charge in [-0.15, -0.1) is 11.3 Å². The Labute approximate surface area is 125 Å². The molecule has 5 nitrogen and oxygen atoms in total. The van der Waals surface area contributed by atoms with Crippen molar-refractivity contribution in [2.75, 3.05) is 20.1 Å². The molecule has 1 aromatic heterocycles. The molecule has 0 saturated carbocycles. The third kappa shape index (κ3) is 4.47. The number of amides is 2. The van der Waals surface area contributed by atoms with E-state index in [-0.39, 0.29) is 12.5 Å². The standard InChI is InChI=1S/C13H17F2N3O2S/c1-18(12(20)10-5-13(14,15)8-17-10)7-11(19)16-6-9-3-2-4-21-9/h2-4,10,17H,5-8H2,1H3,(H,16,19). The second-order valence-electron chi connectivity index (χ2n) is 5.04. The number of halogens is 2. The van der Waals surface area contributed by atoms with E-state index in [1.54, 1.807) is 0 Å². The maximum absolute atomic E-state index is 13.0. The van der Waals surface area contributed by atoms with Crippen molar-refractivity contribution >= 4 is 23.2 Å². The van der Waals surface area contributed by atoms with Crippen molar-refractivity contribution in [2.24, 2.45) is 0 Å². The zero-order chi connectivity index (χ0) is 15.5. The zero-order valence-electron chi connectivity index (χ0n) is 11.6. The molecular weight excluding hydrogens is 300 g/mol. The first kappa shape index (κ1) is 15.8. The zero-order valence-corrected chi connectivity index (χ0v) is 12.4. The van der Waals surface area contributed by atoms with Gasteiger partial charge in [-0.3, -0.25) is 14.9 Å². The number of thiophene rings is 1. The average molecular weight is 317 g/mol. The Balaban J connectivity index is 1.76. The highest BCUT2D eigenvalue weighted by Gasteiger charge is 2.43. The summed E-state index contributed by atoms with van der Waals surface area (Å²) in [6.45, 7) is -0.242. The van der Waals surface area contributed by atoms with Crippen LogP contribution in [0, 0.1) is 0 Å². The first-order chi connectivity index (χ1) is 9.87. The second kappa shape index (κ2) is 6.48. The monoisotopic (exact) mass is 317 g/mol. The maximum atomic E-state index is 13.0. The topological polar surface area (TPSA) is 61.4 Å². The Morgan fingerprint density at radius 1 is 1.57 bits per heavy atom. The van der Waals surface area contributed by atoms with Gasteiger partial charge in [0.1, 0.15) is 0 Å². The van der Waals surface area contributed by atoms with Crippen LogP contribution in [0.2, 0.25) is 0 Å². The highest BCUT2D eigenvalue weighted by Crippen LogP contribution is 2.25. The highest BCUT2D eigenvalue weighted by atomic mass is 32.1. The molecule has 1 fully saturated rings. The number of carbonyl (C=O) groups is 2. The number of hydrogen-bond acceptors (Lipinski definition) is 4. The van der Waals surface area contributed by atoms with Gasteiger partial charge in [-0.1, -0.05) is 6.07 Å². The third-order valence-electron chi connectivity index (χ3n) is 3.20. The smallest absolute Gasteiger partial charge is 0.262 e. The molecular formula is C13H17F2N3O2S. The Morgan fingerprint density at radius 3 is 2.90 bits per heavy atom. The van der Waals surface area contributed by atoms with Crippen LogP contribution in [0.4, 0.5) is 8.78 Å². The summed E-state index contributed by atoms with van der Waals surface area (Å²) < 4.78 is 26.1. The fourth-order valence-electron chi connectivity index (χ4n) is 2.10. The Kier molecular flexibility index (Phi) is 4.89. The summed E-state index contributed by atoms with van der Waals surface area (Å²) in [5, 5.41) is 7.08. The van der Waals surface area contributed by atoms with Gasteiger partial charge in [-0.2, -0.15) is 0 Å². The Hall–Kier alpha value is -1.54. The SMILES string of the molecule is CN(CC(=O)NCc1cccs1)C(=O)C1CC(F)(F)CN1. The fourth-order valence-corrected chi connectivity index (χ4v) is 2.75. The molecule has 0 spiro atoms. The molecule has 1 unspecified atom stereocenters. The lowest BCUT2D eigenvalue weighted by molar-refractivity contribution is -0.136. The number of hydrogen-bond donors (Lipinski definition) is 2. The van der Waals surface area contributed by atoms with E-state index in [0.29, 0.717) is 6.54 Å². The molecule has 2 rings (SSSR count). The first-order valence-corrected chi connectivity index (χ1v) is 7.41. The van der Waals surface area contributed by atoms with Crippen molar-refractivity contribution in [2.45, 2.75) is 24.9 Å². The van der Waals surface area contributed by atoms with Crippen molar-refractivity contribution in [3.63, 3.8) is 0 Å². The van der Waals surface area contributed by atoms with Crippen LogP contribution >= 0.6 is 11.3 Å². The molecule has 2 heterocycles. The van der Waals surface area contributed by atoms with E-state index >= 15 is 0 Å². The van der Waals surface area contributed by atoms with E-state index < -0.39 is 30.8 Å². The van der Waals surface area contributed by atoms with Crippen molar-refractivity contribution < 1.29 is 18.4 Å². The van der Waals surface area contributed by atoms with E-state index in [4.69, 9.17) is 0 Å². The lowest BCUT2D eigenvalue weighted by Gasteiger charge is -2.20. The van der Waals surface area contributed by atoms with E-state index in [2.05, 4.69) is 10.6 Å². The summed E-state index contributed by atoms with van der Waals surface area (Å²) in [7, 11) is 1.44. The predicted molar refractivity (Wildman–Crippen MR) is 75.2 cm³/mol. The van der Waals surface area contributed by atoms with Gasteiger partial charge in [0, 0.05) is 18.3 Å². The van der Waals surface area contributed by atoms with Crippen LogP contribution < -0.4 is 10.6 Å². The minimum Gasteiger partial charge on any atom is -0.350 e. The molecule has 0 aromatic carbocycles. The lowest BCUT2D eigenvalue weighted by atomic mass is 10.1. The molecule has 1 aromatic rings. The Bertz CT molecular complexity index is 508. The van der Waals surface area contributed by atoms with Crippen molar-refractivity contribution in [1.82, 2.24) is 15.5 Å². The van der Waals surface area contributed by atoms with Gasteiger partial charge in [0.25, 0.3) is 5.92 Å². The number of carbonyl (C=O) groups excluding carboxylic acids is 2. The van der Waals surface area contributed by atoms with E-state index in [9.17, 15) is 18.4 Å². The molecule has 2 N–H and O–H groups in total. The highest BCUT2D eigenvalue weighted by molar-refractivity contribution is 7.09. The van der Waals surface area contributed by atoms with Crippen molar-refractivity contribution in [3.05, 3.63) is 22.4 Å². The van der Waals surface area contributed by atoms with Crippen LogP contribution in [0.25, 0.3) is 0 Å². The molecule has 0 aliphatic carbocycles. The molecule has 21 heavy (non-hydrogen) atoms. The number of alkyl halides is 2. The van der Waals surface area contributed by atoms with Crippen LogP contribution in [0.1, 0.15) is 11.3 Å². The summed E-state index contributed by atoms with van der Waals surface area (Å²) in [5.41, 5.74) is 0. The van der Waals surface area contributed by atoms with Crippen LogP contribution in [0.5, 0.6) is 0 Å². The van der Waals surface area contributed by atoms with Crippen molar-refractivity contribution in [3.8, 4) is 0 Å². The number of likely N-dealkylation sites (N-methyl/N-ethyl adjacent to an activating group) is 1. The first-order valence-electron chi connectivity index (χ1n) is 6.53. The van der Waals surface area contributed by atoms with E-state index in [1.807, 2.05) is 17.5 Å². The molecule has 1 aliphatic heterocycles. The summed E-state index contributed by atoms with van der Waals surface area (Å²) in [4.78, 5) is 25.9. The fraction of sp³-hybridized carbons (Fsp3) is 0.538. The quantitative estimate of drug-likeness (QED) is 0.845. The largest absolute Gasteiger partial charge is 0.350 e. The predicted octanol–water partition coefficient (Wildman–Crippen LogP) is 0.820. The van der Waals surface area contributed by atoms with Gasteiger partial charge in [0.05, 0.1) is 25.7 Å². The summed E-state index contributed by atoms with van der Waals surface area (Å²) >= 11 is 1.52. The molecule has 1 atom stereocenters.